The van der Waals surface area contributed by atoms with E-state index in [-0.39, 0.29) is 23.6 Å². The van der Waals surface area contributed by atoms with Crippen molar-refractivity contribution in [1.29, 1.82) is 0 Å². The summed E-state index contributed by atoms with van der Waals surface area (Å²) in [5, 5.41) is 12.3. The van der Waals surface area contributed by atoms with Gasteiger partial charge >= 0.3 is 18.3 Å². The summed E-state index contributed by atoms with van der Waals surface area (Å²) in [7, 11) is 0. The van der Waals surface area contributed by atoms with Gasteiger partial charge in [-0.25, -0.2) is 4.79 Å². The first kappa shape index (κ1) is 29.4. The molecule has 1 heterocycles. The molecule has 1 aromatic heterocycles. The molecule has 12 heteroatoms. The monoisotopic (exact) mass is 576 g/mol. The highest BCUT2D eigenvalue weighted by Crippen LogP contribution is 2.38. The lowest BCUT2D eigenvalue weighted by Gasteiger charge is -2.23. The topological polar surface area (TPSA) is 99.3 Å². The molecule has 0 radical (unpaired) electrons. The van der Waals surface area contributed by atoms with Gasteiger partial charge < -0.3 is 15.4 Å². The molecule has 0 aliphatic carbocycles. The molecule has 4 aromatic rings. The van der Waals surface area contributed by atoms with Crippen LogP contribution in [0.4, 0.5) is 26.3 Å². The van der Waals surface area contributed by atoms with Crippen LogP contribution in [-0.2, 0) is 23.6 Å². The minimum absolute atomic E-state index is 0.00203. The fraction of sp³-hybridized carbons (Fsp3) is 0.207. The number of hydrogen-bond donors (Lipinski definition) is 3. The van der Waals surface area contributed by atoms with Gasteiger partial charge in [0.15, 0.2) is 5.78 Å². The van der Waals surface area contributed by atoms with Crippen LogP contribution in [0.1, 0.15) is 55.8 Å². The second-order valence-corrected chi connectivity index (χ2v) is 9.44. The van der Waals surface area contributed by atoms with Crippen LogP contribution in [0.2, 0.25) is 0 Å². The SMILES string of the molecule is CC(C(=O)C(Cc1c[nH]c2ccccc12)NC(=O)c1ccc(C(=O)O)cc1)c1cc(C(F)(F)F)cc(C(F)(F)F)c1. The lowest BCUT2D eigenvalue weighted by molar-refractivity contribution is -0.143. The van der Waals surface area contributed by atoms with Gasteiger partial charge in [-0.15, -0.1) is 0 Å². The number of nitrogens with one attached hydrogen (secondary N) is 2. The molecule has 4 rings (SSSR count). The van der Waals surface area contributed by atoms with Gasteiger partial charge in [0.2, 0.25) is 0 Å². The highest BCUT2D eigenvalue weighted by Gasteiger charge is 2.38. The number of carbonyl (C=O) groups excluding carboxylic acids is 2. The number of hydrogen-bond acceptors (Lipinski definition) is 3. The first-order valence-corrected chi connectivity index (χ1v) is 12.2. The number of alkyl halides is 6. The van der Waals surface area contributed by atoms with E-state index >= 15 is 0 Å². The molecule has 214 valence electrons. The van der Waals surface area contributed by atoms with Crippen LogP contribution in [0.15, 0.2) is 72.9 Å². The summed E-state index contributed by atoms with van der Waals surface area (Å²) in [5.74, 6) is -4.30. The maximum Gasteiger partial charge on any atom is 0.416 e. The van der Waals surface area contributed by atoms with Crippen molar-refractivity contribution < 1.29 is 45.8 Å². The average Bonchev–Trinajstić information content (AvgIpc) is 3.33. The molecular weight excluding hydrogens is 554 g/mol. The third-order valence-electron chi connectivity index (χ3n) is 6.68. The van der Waals surface area contributed by atoms with Gasteiger partial charge in [0.25, 0.3) is 5.91 Å². The largest absolute Gasteiger partial charge is 0.478 e. The Morgan fingerprint density at radius 1 is 0.854 bits per heavy atom. The molecule has 0 aliphatic heterocycles. The standard InChI is InChI=1S/C29H22F6N2O4/c1-15(18-10-20(28(30,31)32)13-21(11-18)29(33,34)35)25(38)24(12-19-14-36-23-5-3-2-4-22(19)23)37-26(39)16-6-8-17(9-7-16)27(40)41/h2-11,13-15,24,36H,12H2,1H3,(H,37,39)(H,40,41). The number of amides is 1. The molecule has 0 aliphatic rings. The van der Waals surface area contributed by atoms with Gasteiger partial charge in [0, 0.05) is 35.0 Å². The number of aromatic carboxylic acids is 1. The zero-order valence-electron chi connectivity index (χ0n) is 21.2. The molecule has 2 atom stereocenters. The van der Waals surface area contributed by atoms with Gasteiger partial charge in [-0.3, -0.25) is 9.59 Å². The first-order valence-electron chi connectivity index (χ1n) is 12.2. The number of aromatic nitrogens is 1. The van der Waals surface area contributed by atoms with Crippen LogP contribution in [0.5, 0.6) is 0 Å². The summed E-state index contributed by atoms with van der Waals surface area (Å²) in [5.41, 5.74) is -2.43. The summed E-state index contributed by atoms with van der Waals surface area (Å²) in [6, 6.07) is 11.4. The molecule has 3 aromatic carbocycles. The molecule has 0 saturated heterocycles. The van der Waals surface area contributed by atoms with Gasteiger partial charge in [0.05, 0.1) is 22.7 Å². The smallest absolute Gasteiger partial charge is 0.416 e. The molecule has 0 bridgehead atoms. The normalized spacial score (nSPS) is 13.5. The number of benzene rings is 3. The molecular formula is C29H22F6N2O4. The number of rotatable bonds is 8. The maximum absolute atomic E-state index is 13.7. The number of carbonyl (C=O) groups is 3. The van der Waals surface area contributed by atoms with E-state index in [9.17, 15) is 40.7 Å². The number of Topliss-reactive ketones (excluding diaryl/α,β-unsaturated/α-hetero) is 1. The van der Waals surface area contributed by atoms with Crippen LogP contribution in [0.25, 0.3) is 10.9 Å². The minimum Gasteiger partial charge on any atom is -0.478 e. The highest BCUT2D eigenvalue weighted by atomic mass is 19.4. The number of carboxylic acid groups (broad SMARTS) is 1. The predicted molar refractivity (Wildman–Crippen MR) is 137 cm³/mol. The lowest BCUT2D eigenvalue weighted by Crippen LogP contribution is -2.44. The summed E-state index contributed by atoms with van der Waals surface area (Å²) in [6.07, 6.45) is -8.73. The molecule has 6 nitrogen and oxygen atoms in total. The Bertz CT molecular complexity index is 1570. The van der Waals surface area contributed by atoms with Gasteiger partial charge in [-0.2, -0.15) is 26.3 Å². The van der Waals surface area contributed by atoms with Crippen molar-refractivity contribution in [2.45, 2.75) is 37.7 Å². The van der Waals surface area contributed by atoms with E-state index in [0.717, 1.165) is 0 Å². The van der Waals surface area contributed by atoms with Crippen molar-refractivity contribution in [2.24, 2.45) is 0 Å². The maximum atomic E-state index is 13.7. The van der Waals surface area contributed by atoms with Crippen molar-refractivity contribution in [2.75, 3.05) is 0 Å². The fourth-order valence-electron chi connectivity index (χ4n) is 4.44. The quantitative estimate of drug-likeness (QED) is 0.206. The van der Waals surface area contributed by atoms with Crippen LogP contribution in [-0.4, -0.2) is 33.8 Å². The average molecular weight is 576 g/mol. The van der Waals surface area contributed by atoms with E-state index < -0.39 is 58.7 Å². The number of fused-ring (bicyclic) bond motifs is 1. The van der Waals surface area contributed by atoms with Crippen molar-refractivity contribution in [1.82, 2.24) is 10.3 Å². The third-order valence-corrected chi connectivity index (χ3v) is 6.68. The zero-order chi connectivity index (χ0) is 30.1. The van der Waals surface area contributed by atoms with Crippen LogP contribution >= 0.6 is 0 Å². The summed E-state index contributed by atoms with van der Waals surface area (Å²) < 4.78 is 80.7. The number of H-pyrrole nitrogens is 1. The molecule has 0 fully saturated rings. The molecule has 0 saturated carbocycles. The summed E-state index contributed by atoms with van der Waals surface area (Å²) >= 11 is 0. The lowest BCUT2D eigenvalue weighted by atomic mass is 9.87. The molecule has 1 amide bonds. The third kappa shape index (κ3) is 6.59. The zero-order valence-corrected chi connectivity index (χ0v) is 21.2. The van der Waals surface area contributed by atoms with Crippen molar-refractivity contribution in [3.05, 3.63) is 106 Å². The Kier molecular flexibility index (Phi) is 7.96. The first-order chi connectivity index (χ1) is 19.1. The number of carboxylic acids is 1. The van der Waals surface area contributed by atoms with Gasteiger partial charge in [-0.05, 0) is 59.7 Å². The second kappa shape index (κ2) is 11.1. The number of para-hydroxylation sites is 1. The second-order valence-electron chi connectivity index (χ2n) is 9.44. The van der Waals surface area contributed by atoms with Crippen molar-refractivity contribution in [3.63, 3.8) is 0 Å². The summed E-state index contributed by atoms with van der Waals surface area (Å²) in [6.45, 7) is 1.17. The number of ketones is 1. The van der Waals surface area contributed by atoms with Gasteiger partial charge in [0.1, 0.15) is 0 Å². The Morgan fingerprint density at radius 3 is 1.98 bits per heavy atom. The molecule has 3 N–H and O–H groups in total. The Morgan fingerprint density at radius 2 is 1.41 bits per heavy atom. The van der Waals surface area contributed by atoms with Crippen LogP contribution < -0.4 is 5.32 Å². The predicted octanol–water partition coefficient (Wildman–Crippen LogP) is 6.62. The van der Waals surface area contributed by atoms with E-state index in [1.165, 1.54) is 31.2 Å². The fourth-order valence-corrected chi connectivity index (χ4v) is 4.44. The van der Waals surface area contributed by atoms with E-state index in [1.807, 2.05) is 0 Å². The van der Waals surface area contributed by atoms with E-state index in [0.29, 0.717) is 28.6 Å². The molecule has 41 heavy (non-hydrogen) atoms. The summed E-state index contributed by atoms with van der Waals surface area (Å²) in [4.78, 5) is 40.9. The van der Waals surface area contributed by atoms with Crippen molar-refractivity contribution in [3.8, 4) is 0 Å². The van der Waals surface area contributed by atoms with Crippen molar-refractivity contribution >= 4 is 28.6 Å². The number of aromatic amines is 1. The number of halogens is 6. The Labute approximate surface area is 229 Å². The minimum atomic E-state index is -5.10. The Hall–Kier alpha value is -4.61. The molecule has 2 unspecified atom stereocenters. The van der Waals surface area contributed by atoms with E-state index in [4.69, 9.17) is 5.11 Å². The van der Waals surface area contributed by atoms with E-state index in [1.54, 1.807) is 30.5 Å². The highest BCUT2D eigenvalue weighted by molar-refractivity contribution is 6.00. The van der Waals surface area contributed by atoms with Crippen LogP contribution in [0.3, 0.4) is 0 Å². The molecule has 0 spiro atoms. The Balaban J connectivity index is 1.71. The van der Waals surface area contributed by atoms with E-state index in [2.05, 4.69) is 10.3 Å². The van der Waals surface area contributed by atoms with Gasteiger partial charge in [-0.1, -0.05) is 25.1 Å². The van der Waals surface area contributed by atoms with Crippen LogP contribution in [0, 0.1) is 0 Å².